The van der Waals surface area contributed by atoms with Crippen LogP contribution >= 0.6 is 0 Å². The highest BCUT2D eigenvalue weighted by molar-refractivity contribution is 5.99. The number of hydrogen-bond donors (Lipinski definition) is 2. The van der Waals surface area contributed by atoms with Gasteiger partial charge in [-0.15, -0.1) is 0 Å². The van der Waals surface area contributed by atoms with Gasteiger partial charge in [0.1, 0.15) is 17.3 Å². The van der Waals surface area contributed by atoms with Crippen LogP contribution in [0.15, 0.2) is 30.3 Å². The number of aromatic nitrogens is 1. The predicted octanol–water partition coefficient (Wildman–Crippen LogP) is 3.60. The number of aryl methyl sites for hydroxylation is 1. The highest BCUT2D eigenvalue weighted by Crippen LogP contribution is 2.26. The normalized spacial score (nSPS) is 19.1. The van der Waals surface area contributed by atoms with Crippen LogP contribution in [-0.2, 0) is 21.4 Å². The lowest BCUT2D eigenvalue weighted by Gasteiger charge is -2.31. The molecule has 0 spiro atoms. The summed E-state index contributed by atoms with van der Waals surface area (Å²) in [5.74, 6) is -1.31. The summed E-state index contributed by atoms with van der Waals surface area (Å²) >= 11 is 0. The van der Waals surface area contributed by atoms with Crippen molar-refractivity contribution in [3.8, 4) is 6.07 Å². The Bertz CT molecular complexity index is 1090. The van der Waals surface area contributed by atoms with Gasteiger partial charge in [0.2, 0.25) is 5.91 Å². The molecule has 1 heterocycles. The number of nitriles is 1. The lowest BCUT2D eigenvalue weighted by Crippen LogP contribution is -2.50. The molecule has 1 saturated carbocycles. The standard InChI is InChI=1S/C26H34N4O4/c1-26(2,3)34-23(31)14-13-18(16-27)28-24(32)19-10-6-7-11-20(19)29-25(33)22-15-17-9-5-8-12-21(17)30(22)4/h5,8-9,12,15,18-20H,6-7,10-11,13-14H2,1-4H3,(H,28,32)(H,29,33)/t18-,19+,20-/m0/s1. The van der Waals surface area contributed by atoms with E-state index < -0.39 is 23.5 Å². The first kappa shape index (κ1) is 25.3. The maximum absolute atomic E-state index is 13.1. The van der Waals surface area contributed by atoms with Crippen molar-refractivity contribution in [3.63, 3.8) is 0 Å². The highest BCUT2D eigenvalue weighted by atomic mass is 16.6. The number of rotatable bonds is 7. The Kier molecular flexibility index (Phi) is 7.98. The smallest absolute Gasteiger partial charge is 0.306 e. The van der Waals surface area contributed by atoms with Gasteiger partial charge in [-0.05, 0) is 52.2 Å². The van der Waals surface area contributed by atoms with Gasteiger partial charge >= 0.3 is 5.97 Å². The van der Waals surface area contributed by atoms with E-state index in [1.165, 1.54) is 0 Å². The van der Waals surface area contributed by atoms with E-state index >= 15 is 0 Å². The van der Waals surface area contributed by atoms with Gasteiger partial charge in [-0.25, -0.2) is 0 Å². The fourth-order valence-corrected chi connectivity index (χ4v) is 4.47. The number of fused-ring (bicyclic) bond motifs is 1. The fraction of sp³-hybridized carbons (Fsp3) is 0.538. The number of nitrogens with zero attached hydrogens (tertiary/aromatic N) is 2. The summed E-state index contributed by atoms with van der Waals surface area (Å²) in [6.45, 7) is 5.35. The van der Waals surface area contributed by atoms with Gasteiger partial charge < -0.3 is 19.9 Å². The minimum Gasteiger partial charge on any atom is -0.460 e. The van der Waals surface area contributed by atoms with Crippen molar-refractivity contribution in [3.05, 3.63) is 36.0 Å². The molecular weight excluding hydrogens is 432 g/mol. The molecule has 1 aromatic heterocycles. The van der Waals surface area contributed by atoms with Crippen molar-refractivity contribution in [1.82, 2.24) is 15.2 Å². The van der Waals surface area contributed by atoms with E-state index in [4.69, 9.17) is 4.74 Å². The third-order valence-electron chi connectivity index (χ3n) is 6.13. The monoisotopic (exact) mass is 466 g/mol. The van der Waals surface area contributed by atoms with Crippen LogP contribution < -0.4 is 10.6 Å². The predicted molar refractivity (Wildman–Crippen MR) is 129 cm³/mol. The average molecular weight is 467 g/mol. The minimum atomic E-state index is -0.795. The van der Waals surface area contributed by atoms with Crippen LogP contribution in [0.2, 0.25) is 0 Å². The Hall–Kier alpha value is -3.34. The zero-order chi connectivity index (χ0) is 24.9. The third-order valence-corrected chi connectivity index (χ3v) is 6.13. The van der Waals surface area contributed by atoms with E-state index in [2.05, 4.69) is 16.7 Å². The molecule has 3 rings (SSSR count). The summed E-state index contributed by atoms with van der Waals surface area (Å²) in [5, 5.41) is 16.3. The molecule has 0 saturated heterocycles. The molecule has 1 aliphatic rings. The molecule has 0 radical (unpaired) electrons. The molecule has 0 unspecified atom stereocenters. The average Bonchev–Trinajstić information content (AvgIpc) is 3.12. The zero-order valence-corrected chi connectivity index (χ0v) is 20.4. The van der Waals surface area contributed by atoms with Crippen molar-refractivity contribution < 1.29 is 19.1 Å². The Labute approximate surface area is 200 Å². The number of para-hydroxylation sites is 1. The first-order valence-electron chi connectivity index (χ1n) is 11.9. The molecular formula is C26H34N4O4. The molecule has 0 bridgehead atoms. The number of hydrogen-bond acceptors (Lipinski definition) is 5. The molecule has 0 aliphatic heterocycles. The van der Waals surface area contributed by atoms with Gasteiger partial charge in [-0.1, -0.05) is 31.0 Å². The Morgan fingerprint density at radius 2 is 1.91 bits per heavy atom. The molecule has 1 aliphatic carbocycles. The maximum Gasteiger partial charge on any atom is 0.306 e. The zero-order valence-electron chi connectivity index (χ0n) is 20.4. The number of nitrogens with one attached hydrogen (secondary N) is 2. The van der Waals surface area contributed by atoms with Crippen molar-refractivity contribution in [2.24, 2.45) is 13.0 Å². The largest absolute Gasteiger partial charge is 0.460 e. The fourth-order valence-electron chi connectivity index (χ4n) is 4.47. The number of ether oxygens (including phenoxy) is 1. The van der Waals surface area contributed by atoms with E-state index in [1.807, 2.05) is 41.9 Å². The molecule has 3 atom stereocenters. The lowest BCUT2D eigenvalue weighted by atomic mass is 9.83. The van der Waals surface area contributed by atoms with Gasteiger partial charge in [-0.3, -0.25) is 14.4 Å². The quantitative estimate of drug-likeness (QED) is 0.606. The van der Waals surface area contributed by atoms with Crippen molar-refractivity contribution >= 4 is 28.7 Å². The first-order chi connectivity index (χ1) is 16.1. The van der Waals surface area contributed by atoms with Crippen LogP contribution in [0.25, 0.3) is 10.9 Å². The summed E-state index contributed by atoms with van der Waals surface area (Å²) in [6, 6.07) is 10.6. The van der Waals surface area contributed by atoms with Crippen LogP contribution in [0.4, 0.5) is 0 Å². The number of carbonyl (C=O) groups is 3. The highest BCUT2D eigenvalue weighted by Gasteiger charge is 2.33. The summed E-state index contributed by atoms with van der Waals surface area (Å²) in [6.07, 6.45) is 3.36. The molecule has 8 heteroatoms. The molecule has 2 aromatic rings. The van der Waals surface area contributed by atoms with Crippen LogP contribution in [0.3, 0.4) is 0 Å². The molecule has 2 amide bonds. The van der Waals surface area contributed by atoms with Crippen LogP contribution in [0.1, 0.15) is 69.8 Å². The molecule has 34 heavy (non-hydrogen) atoms. The summed E-state index contributed by atoms with van der Waals surface area (Å²) in [5.41, 5.74) is 0.908. The van der Waals surface area contributed by atoms with Gasteiger partial charge in [0.05, 0.1) is 12.0 Å². The van der Waals surface area contributed by atoms with E-state index in [1.54, 1.807) is 20.8 Å². The second-order valence-corrected chi connectivity index (χ2v) is 9.93. The van der Waals surface area contributed by atoms with Gasteiger partial charge in [0.25, 0.3) is 5.91 Å². The summed E-state index contributed by atoms with van der Waals surface area (Å²) in [4.78, 5) is 38.1. The van der Waals surface area contributed by atoms with E-state index in [-0.39, 0.29) is 30.7 Å². The number of benzene rings is 1. The van der Waals surface area contributed by atoms with Crippen molar-refractivity contribution in [2.45, 2.75) is 77.0 Å². The van der Waals surface area contributed by atoms with Crippen LogP contribution in [0, 0.1) is 17.2 Å². The second kappa shape index (κ2) is 10.7. The number of carbonyl (C=O) groups excluding carboxylic acids is 3. The Morgan fingerprint density at radius 3 is 2.59 bits per heavy atom. The molecule has 182 valence electrons. The minimum absolute atomic E-state index is 0.0433. The van der Waals surface area contributed by atoms with E-state index in [0.29, 0.717) is 18.5 Å². The van der Waals surface area contributed by atoms with Crippen molar-refractivity contribution in [1.29, 1.82) is 5.26 Å². The van der Waals surface area contributed by atoms with Gasteiger partial charge in [0, 0.05) is 30.4 Å². The van der Waals surface area contributed by atoms with Gasteiger partial charge in [-0.2, -0.15) is 5.26 Å². The lowest BCUT2D eigenvalue weighted by molar-refractivity contribution is -0.155. The molecule has 8 nitrogen and oxygen atoms in total. The first-order valence-corrected chi connectivity index (χ1v) is 11.9. The summed E-state index contributed by atoms with van der Waals surface area (Å²) in [7, 11) is 1.85. The Morgan fingerprint density at radius 1 is 1.21 bits per heavy atom. The van der Waals surface area contributed by atoms with E-state index in [9.17, 15) is 19.6 Å². The number of amides is 2. The maximum atomic E-state index is 13.1. The molecule has 1 fully saturated rings. The number of esters is 1. The molecule has 1 aromatic carbocycles. The Balaban J connectivity index is 1.62. The second-order valence-electron chi connectivity index (χ2n) is 9.93. The molecule has 2 N–H and O–H groups in total. The van der Waals surface area contributed by atoms with Gasteiger partial charge in [0.15, 0.2) is 0 Å². The SMILES string of the molecule is Cn1c(C(=O)N[C@H]2CCCC[C@H]2C(=O)N[C@H](C#N)CCC(=O)OC(C)(C)C)cc2ccccc21. The van der Waals surface area contributed by atoms with Crippen LogP contribution in [0.5, 0.6) is 0 Å². The summed E-state index contributed by atoms with van der Waals surface area (Å²) < 4.78 is 7.13. The third kappa shape index (κ3) is 6.37. The van der Waals surface area contributed by atoms with E-state index in [0.717, 1.165) is 23.7 Å². The van der Waals surface area contributed by atoms with Crippen LogP contribution in [-0.4, -0.2) is 40.0 Å². The topological polar surface area (TPSA) is 113 Å². The van der Waals surface area contributed by atoms with Crippen molar-refractivity contribution in [2.75, 3.05) is 0 Å².